The Kier molecular flexibility index (Phi) is 5.19. The Morgan fingerprint density at radius 2 is 1.82 bits per heavy atom. The van der Waals surface area contributed by atoms with Gasteiger partial charge in [-0.05, 0) is 36.8 Å². The summed E-state index contributed by atoms with van der Waals surface area (Å²) >= 11 is 0. The minimum atomic E-state index is -1.01. The molecule has 1 aliphatic heterocycles. The summed E-state index contributed by atoms with van der Waals surface area (Å²) in [5, 5.41) is 11.8. The fraction of sp³-hybridized carbons (Fsp3) is 0.529. The van der Waals surface area contributed by atoms with E-state index in [1.807, 2.05) is 19.1 Å². The number of rotatable bonds is 5. The van der Waals surface area contributed by atoms with Crippen molar-refractivity contribution in [1.82, 2.24) is 5.32 Å². The maximum absolute atomic E-state index is 12.2. The summed E-state index contributed by atoms with van der Waals surface area (Å²) in [6.45, 7) is 6.17. The van der Waals surface area contributed by atoms with Crippen LogP contribution in [0.2, 0.25) is 0 Å². The molecule has 22 heavy (non-hydrogen) atoms. The van der Waals surface area contributed by atoms with Crippen LogP contribution in [0.25, 0.3) is 0 Å². The van der Waals surface area contributed by atoms with Crippen LogP contribution in [0.15, 0.2) is 24.3 Å². The van der Waals surface area contributed by atoms with E-state index in [4.69, 9.17) is 9.84 Å². The van der Waals surface area contributed by atoms with Crippen molar-refractivity contribution in [2.75, 3.05) is 0 Å². The van der Waals surface area contributed by atoms with Crippen LogP contribution in [0.5, 0.6) is 0 Å². The van der Waals surface area contributed by atoms with Gasteiger partial charge >= 0.3 is 5.97 Å². The van der Waals surface area contributed by atoms with Gasteiger partial charge in [0.25, 0.3) is 0 Å². The van der Waals surface area contributed by atoms with Gasteiger partial charge in [0, 0.05) is 0 Å². The highest BCUT2D eigenvalue weighted by atomic mass is 16.5. The molecule has 1 heterocycles. The highest BCUT2D eigenvalue weighted by molar-refractivity contribution is 5.83. The van der Waals surface area contributed by atoms with E-state index in [-0.39, 0.29) is 11.9 Å². The van der Waals surface area contributed by atoms with Crippen molar-refractivity contribution in [3.63, 3.8) is 0 Å². The molecule has 0 radical (unpaired) electrons. The Morgan fingerprint density at radius 3 is 2.41 bits per heavy atom. The Bertz CT molecular complexity index is 555. The molecule has 1 aromatic rings. The highest BCUT2D eigenvalue weighted by Gasteiger charge is 2.35. The lowest BCUT2D eigenvalue weighted by Crippen LogP contribution is -2.37. The standard InChI is InChI=1S/C17H23NO4/c1-10(2)12-5-4-6-13(9-12)11(3)18-16(19)14-7-8-15(22-14)17(20)21/h4-6,9-11,14-15H,7-8H2,1-3H3,(H,18,19)(H,20,21)/t11?,14-,15+/m0/s1. The number of carboxylic acids is 1. The second-order valence-electron chi connectivity index (χ2n) is 6.08. The van der Waals surface area contributed by atoms with Gasteiger partial charge in [-0.15, -0.1) is 0 Å². The second kappa shape index (κ2) is 6.92. The molecule has 0 aromatic heterocycles. The number of ether oxygens (including phenoxy) is 1. The van der Waals surface area contributed by atoms with Crippen LogP contribution in [0.4, 0.5) is 0 Å². The number of hydrogen-bond acceptors (Lipinski definition) is 3. The molecular formula is C17H23NO4. The molecule has 0 aliphatic carbocycles. The molecule has 1 aliphatic rings. The number of benzene rings is 1. The number of amides is 1. The molecule has 1 amide bonds. The van der Waals surface area contributed by atoms with Crippen molar-refractivity contribution in [3.05, 3.63) is 35.4 Å². The van der Waals surface area contributed by atoms with E-state index >= 15 is 0 Å². The molecule has 0 spiro atoms. The van der Waals surface area contributed by atoms with E-state index < -0.39 is 18.2 Å². The molecule has 1 aromatic carbocycles. The smallest absolute Gasteiger partial charge is 0.332 e. The third kappa shape index (κ3) is 3.85. The zero-order valence-corrected chi connectivity index (χ0v) is 13.2. The lowest BCUT2D eigenvalue weighted by Gasteiger charge is -2.19. The Labute approximate surface area is 130 Å². The van der Waals surface area contributed by atoms with E-state index in [0.717, 1.165) is 5.56 Å². The molecule has 2 N–H and O–H groups in total. The summed E-state index contributed by atoms with van der Waals surface area (Å²) in [7, 11) is 0. The summed E-state index contributed by atoms with van der Waals surface area (Å²) in [6.07, 6.45) is -0.709. The number of carbonyl (C=O) groups excluding carboxylic acids is 1. The van der Waals surface area contributed by atoms with Gasteiger partial charge in [-0.2, -0.15) is 0 Å². The lowest BCUT2D eigenvalue weighted by atomic mass is 9.98. The summed E-state index contributed by atoms with van der Waals surface area (Å²) in [5.41, 5.74) is 2.26. The van der Waals surface area contributed by atoms with Crippen molar-refractivity contribution in [3.8, 4) is 0 Å². The highest BCUT2D eigenvalue weighted by Crippen LogP contribution is 2.23. The van der Waals surface area contributed by atoms with Crippen LogP contribution in [-0.4, -0.2) is 29.2 Å². The Hall–Kier alpha value is -1.88. The first-order valence-electron chi connectivity index (χ1n) is 7.67. The van der Waals surface area contributed by atoms with Gasteiger partial charge < -0.3 is 15.2 Å². The van der Waals surface area contributed by atoms with Crippen LogP contribution in [0, 0.1) is 0 Å². The minimum absolute atomic E-state index is 0.140. The maximum Gasteiger partial charge on any atom is 0.332 e. The van der Waals surface area contributed by atoms with E-state index in [2.05, 4.69) is 31.3 Å². The zero-order valence-electron chi connectivity index (χ0n) is 13.2. The maximum atomic E-state index is 12.2. The van der Waals surface area contributed by atoms with Gasteiger partial charge in [0.05, 0.1) is 6.04 Å². The van der Waals surface area contributed by atoms with Crippen molar-refractivity contribution in [2.24, 2.45) is 0 Å². The molecule has 5 heteroatoms. The fourth-order valence-electron chi connectivity index (χ4n) is 2.59. The third-order valence-electron chi connectivity index (χ3n) is 4.02. The molecule has 0 bridgehead atoms. The SMILES string of the molecule is CC(C)c1cccc(C(C)NC(=O)[C@@H]2CC[C@H](C(=O)O)O2)c1. The predicted molar refractivity (Wildman–Crippen MR) is 82.6 cm³/mol. The zero-order chi connectivity index (χ0) is 16.3. The van der Waals surface area contributed by atoms with Crippen LogP contribution in [0.1, 0.15) is 56.7 Å². The molecule has 1 unspecified atom stereocenters. The Morgan fingerprint density at radius 1 is 1.18 bits per heavy atom. The van der Waals surface area contributed by atoms with Crippen molar-refractivity contribution < 1.29 is 19.4 Å². The molecule has 0 saturated carbocycles. The first-order chi connectivity index (χ1) is 10.4. The summed E-state index contributed by atoms with van der Waals surface area (Å²) in [4.78, 5) is 23.0. The Balaban J connectivity index is 1.97. The number of carbonyl (C=O) groups is 2. The van der Waals surface area contributed by atoms with Gasteiger partial charge in [0.1, 0.15) is 6.10 Å². The summed E-state index contributed by atoms with van der Waals surface area (Å²) in [6, 6.07) is 7.98. The first kappa shape index (κ1) is 16.5. The first-order valence-corrected chi connectivity index (χ1v) is 7.67. The molecule has 1 saturated heterocycles. The van der Waals surface area contributed by atoms with E-state index in [1.54, 1.807) is 0 Å². The topological polar surface area (TPSA) is 75.6 Å². The van der Waals surface area contributed by atoms with Gasteiger partial charge in [-0.1, -0.05) is 38.1 Å². The minimum Gasteiger partial charge on any atom is -0.479 e. The average molecular weight is 305 g/mol. The number of hydrogen-bond donors (Lipinski definition) is 2. The van der Waals surface area contributed by atoms with Crippen LogP contribution in [0.3, 0.4) is 0 Å². The van der Waals surface area contributed by atoms with Crippen LogP contribution < -0.4 is 5.32 Å². The molecule has 120 valence electrons. The summed E-state index contributed by atoms with van der Waals surface area (Å²) in [5.74, 6) is -0.823. The van der Waals surface area contributed by atoms with Gasteiger partial charge in [0.15, 0.2) is 6.10 Å². The third-order valence-corrected chi connectivity index (χ3v) is 4.02. The van der Waals surface area contributed by atoms with Gasteiger partial charge in [-0.25, -0.2) is 4.79 Å². The van der Waals surface area contributed by atoms with E-state index in [1.165, 1.54) is 5.56 Å². The summed E-state index contributed by atoms with van der Waals surface area (Å²) < 4.78 is 5.27. The molecule has 3 atom stereocenters. The molecule has 2 rings (SSSR count). The van der Waals surface area contributed by atoms with E-state index in [0.29, 0.717) is 18.8 Å². The van der Waals surface area contributed by atoms with Crippen molar-refractivity contribution in [2.45, 2.75) is 57.8 Å². The number of carboxylic acid groups (broad SMARTS) is 1. The van der Waals surface area contributed by atoms with Gasteiger partial charge in [0.2, 0.25) is 5.91 Å². The van der Waals surface area contributed by atoms with Crippen LogP contribution >= 0.6 is 0 Å². The lowest BCUT2D eigenvalue weighted by molar-refractivity contribution is -0.151. The van der Waals surface area contributed by atoms with Crippen molar-refractivity contribution in [1.29, 1.82) is 0 Å². The number of nitrogens with one attached hydrogen (secondary N) is 1. The fourth-order valence-corrected chi connectivity index (χ4v) is 2.59. The molecular weight excluding hydrogens is 282 g/mol. The molecule has 5 nitrogen and oxygen atoms in total. The average Bonchev–Trinajstić information content (AvgIpc) is 2.97. The van der Waals surface area contributed by atoms with Crippen molar-refractivity contribution >= 4 is 11.9 Å². The second-order valence-corrected chi connectivity index (χ2v) is 6.08. The normalized spacial score (nSPS) is 22.5. The van der Waals surface area contributed by atoms with Gasteiger partial charge in [-0.3, -0.25) is 4.79 Å². The predicted octanol–water partition coefficient (Wildman–Crippen LogP) is 2.62. The monoisotopic (exact) mass is 305 g/mol. The van der Waals surface area contributed by atoms with Crippen LogP contribution in [-0.2, 0) is 14.3 Å². The quantitative estimate of drug-likeness (QED) is 0.877. The number of aliphatic carboxylic acids is 1. The largest absolute Gasteiger partial charge is 0.479 e. The van der Waals surface area contributed by atoms with E-state index in [9.17, 15) is 9.59 Å². The molecule has 1 fully saturated rings.